The summed E-state index contributed by atoms with van der Waals surface area (Å²) in [6.45, 7) is 2.37. The van der Waals surface area contributed by atoms with Gasteiger partial charge in [0.2, 0.25) is 5.91 Å². The Balaban J connectivity index is 1.95. The van der Waals surface area contributed by atoms with E-state index in [1.54, 1.807) is 6.92 Å². The van der Waals surface area contributed by atoms with Gasteiger partial charge in [-0.05, 0) is 19.8 Å². The van der Waals surface area contributed by atoms with E-state index in [0.717, 1.165) is 0 Å². The van der Waals surface area contributed by atoms with E-state index in [1.165, 1.54) is 29.2 Å². The molecule has 124 valence electrons. The number of aryl methyl sites for hydroxylation is 1. The van der Waals surface area contributed by atoms with Crippen LogP contribution in [-0.2, 0) is 9.59 Å². The molecule has 23 heavy (non-hydrogen) atoms. The largest absolute Gasteiger partial charge is 0.481 e. The van der Waals surface area contributed by atoms with Crippen molar-refractivity contribution in [2.75, 3.05) is 26.7 Å². The fourth-order valence-electron chi connectivity index (χ4n) is 2.48. The van der Waals surface area contributed by atoms with E-state index in [0.29, 0.717) is 25.1 Å². The van der Waals surface area contributed by atoms with Crippen molar-refractivity contribution in [3.8, 4) is 0 Å². The molecule has 0 bridgehead atoms. The Morgan fingerprint density at radius 1 is 1.35 bits per heavy atom. The SMILES string of the molecule is Cc1cnc(C(=O)N(C)CC(=O)N2CCCC(C(=O)O)C2)cn1. The second-order valence-corrected chi connectivity index (χ2v) is 5.72. The Kier molecular flexibility index (Phi) is 5.25. The van der Waals surface area contributed by atoms with Crippen LogP contribution >= 0.6 is 0 Å². The summed E-state index contributed by atoms with van der Waals surface area (Å²) in [6, 6.07) is 0. The molecule has 1 aromatic rings. The minimum absolute atomic E-state index is 0.110. The van der Waals surface area contributed by atoms with Crippen molar-refractivity contribution in [3.05, 3.63) is 23.8 Å². The van der Waals surface area contributed by atoms with Crippen LogP contribution in [0, 0.1) is 12.8 Å². The monoisotopic (exact) mass is 320 g/mol. The lowest BCUT2D eigenvalue weighted by molar-refractivity contribution is -0.145. The first-order valence-electron chi connectivity index (χ1n) is 7.43. The van der Waals surface area contributed by atoms with E-state index in [2.05, 4.69) is 9.97 Å². The summed E-state index contributed by atoms with van der Waals surface area (Å²) in [5.41, 5.74) is 0.876. The Hall–Kier alpha value is -2.51. The number of likely N-dealkylation sites (tertiary alicyclic amines) is 1. The number of rotatable bonds is 4. The van der Waals surface area contributed by atoms with E-state index in [4.69, 9.17) is 5.11 Å². The van der Waals surface area contributed by atoms with E-state index in [9.17, 15) is 14.4 Å². The van der Waals surface area contributed by atoms with Gasteiger partial charge in [-0.15, -0.1) is 0 Å². The Bertz CT molecular complexity index is 602. The lowest BCUT2D eigenvalue weighted by Gasteiger charge is -2.31. The first-order valence-corrected chi connectivity index (χ1v) is 7.43. The molecule has 1 aliphatic rings. The number of carboxylic acid groups (broad SMARTS) is 1. The summed E-state index contributed by atoms with van der Waals surface area (Å²) in [4.78, 5) is 46.3. The lowest BCUT2D eigenvalue weighted by atomic mass is 9.98. The highest BCUT2D eigenvalue weighted by Gasteiger charge is 2.29. The molecule has 1 unspecified atom stereocenters. The van der Waals surface area contributed by atoms with Crippen LogP contribution < -0.4 is 0 Å². The van der Waals surface area contributed by atoms with Crippen LogP contribution in [0.1, 0.15) is 29.0 Å². The molecule has 0 aliphatic carbocycles. The van der Waals surface area contributed by atoms with Crippen molar-refractivity contribution in [2.24, 2.45) is 5.92 Å². The molecule has 0 spiro atoms. The zero-order valence-corrected chi connectivity index (χ0v) is 13.2. The van der Waals surface area contributed by atoms with Crippen molar-refractivity contribution < 1.29 is 19.5 Å². The fourth-order valence-corrected chi connectivity index (χ4v) is 2.48. The van der Waals surface area contributed by atoms with Crippen LogP contribution in [0.2, 0.25) is 0 Å². The van der Waals surface area contributed by atoms with Crippen molar-refractivity contribution in [1.29, 1.82) is 0 Å². The second kappa shape index (κ2) is 7.17. The molecule has 2 rings (SSSR count). The van der Waals surface area contributed by atoms with Gasteiger partial charge in [-0.2, -0.15) is 0 Å². The molecule has 8 nitrogen and oxygen atoms in total. The minimum Gasteiger partial charge on any atom is -0.481 e. The van der Waals surface area contributed by atoms with Gasteiger partial charge in [-0.3, -0.25) is 19.4 Å². The molecule has 2 heterocycles. The summed E-state index contributed by atoms with van der Waals surface area (Å²) in [5, 5.41) is 9.06. The third-order valence-electron chi connectivity index (χ3n) is 3.84. The number of carbonyl (C=O) groups is 3. The van der Waals surface area contributed by atoms with Crippen molar-refractivity contribution >= 4 is 17.8 Å². The van der Waals surface area contributed by atoms with Crippen molar-refractivity contribution in [2.45, 2.75) is 19.8 Å². The predicted molar refractivity (Wildman–Crippen MR) is 80.7 cm³/mol. The summed E-state index contributed by atoms with van der Waals surface area (Å²) in [7, 11) is 1.51. The molecular weight excluding hydrogens is 300 g/mol. The lowest BCUT2D eigenvalue weighted by Crippen LogP contribution is -2.47. The van der Waals surface area contributed by atoms with E-state index in [-0.39, 0.29) is 24.7 Å². The average molecular weight is 320 g/mol. The molecule has 1 fully saturated rings. The number of likely N-dealkylation sites (N-methyl/N-ethyl adjacent to an activating group) is 1. The van der Waals surface area contributed by atoms with Crippen LogP contribution in [0.5, 0.6) is 0 Å². The first kappa shape index (κ1) is 16.9. The summed E-state index contributed by atoms with van der Waals surface area (Å²) < 4.78 is 0. The average Bonchev–Trinajstić information content (AvgIpc) is 2.54. The molecule has 1 aliphatic heterocycles. The van der Waals surface area contributed by atoms with Gasteiger partial charge in [0.25, 0.3) is 5.91 Å². The second-order valence-electron chi connectivity index (χ2n) is 5.72. The van der Waals surface area contributed by atoms with Crippen LogP contribution in [-0.4, -0.2) is 69.3 Å². The number of hydrogen-bond donors (Lipinski definition) is 1. The Morgan fingerprint density at radius 2 is 2.09 bits per heavy atom. The molecule has 1 N–H and O–H groups in total. The number of aliphatic carboxylic acids is 1. The minimum atomic E-state index is -0.887. The number of aromatic nitrogens is 2. The van der Waals surface area contributed by atoms with E-state index < -0.39 is 17.8 Å². The molecule has 8 heteroatoms. The van der Waals surface area contributed by atoms with Gasteiger partial charge >= 0.3 is 5.97 Å². The quantitative estimate of drug-likeness (QED) is 0.849. The van der Waals surface area contributed by atoms with E-state index in [1.807, 2.05) is 0 Å². The van der Waals surface area contributed by atoms with E-state index >= 15 is 0 Å². The van der Waals surface area contributed by atoms with Crippen molar-refractivity contribution in [3.63, 3.8) is 0 Å². The predicted octanol–water partition coefficient (Wildman–Crippen LogP) is 0.180. The summed E-state index contributed by atoms with van der Waals surface area (Å²) in [6.07, 6.45) is 4.10. The first-order chi connectivity index (χ1) is 10.9. The Morgan fingerprint density at radius 3 is 2.70 bits per heavy atom. The third kappa shape index (κ3) is 4.24. The zero-order valence-electron chi connectivity index (χ0n) is 13.2. The van der Waals surface area contributed by atoms with Gasteiger partial charge in [0.15, 0.2) is 0 Å². The fraction of sp³-hybridized carbons (Fsp3) is 0.533. The maximum atomic E-state index is 12.3. The molecule has 0 aromatic carbocycles. The smallest absolute Gasteiger partial charge is 0.308 e. The van der Waals surface area contributed by atoms with Gasteiger partial charge in [0, 0.05) is 26.3 Å². The molecule has 1 saturated heterocycles. The molecular formula is C15H20N4O4. The maximum absolute atomic E-state index is 12.3. The number of hydrogen-bond acceptors (Lipinski definition) is 5. The normalized spacial score (nSPS) is 17.7. The highest BCUT2D eigenvalue weighted by atomic mass is 16.4. The Labute approximate surface area is 134 Å². The molecule has 0 saturated carbocycles. The highest BCUT2D eigenvalue weighted by molar-refractivity contribution is 5.94. The number of amides is 2. The van der Waals surface area contributed by atoms with Gasteiger partial charge < -0.3 is 14.9 Å². The highest BCUT2D eigenvalue weighted by Crippen LogP contribution is 2.17. The van der Waals surface area contributed by atoms with Crippen LogP contribution in [0.3, 0.4) is 0 Å². The summed E-state index contributed by atoms with van der Waals surface area (Å²) >= 11 is 0. The van der Waals surface area contributed by atoms with Gasteiger partial charge in [0.1, 0.15) is 5.69 Å². The van der Waals surface area contributed by atoms with Gasteiger partial charge in [0.05, 0.1) is 24.4 Å². The maximum Gasteiger partial charge on any atom is 0.308 e. The van der Waals surface area contributed by atoms with Crippen LogP contribution in [0.15, 0.2) is 12.4 Å². The van der Waals surface area contributed by atoms with Gasteiger partial charge in [-0.1, -0.05) is 0 Å². The van der Waals surface area contributed by atoms with Gasteiger partial charge in [-0.25, -0.2) is 4.98 Å². The number of carbonyl (C=O) groups excluding carboxylic acids is 2. The van der Waals surface area contributed by atoms with Crippen molar-refractivity contribution in [1.82, 2.24) is 19.8 Å². The molecule has 1 atom stereocenters. The topological polar surface area (TPSA) is 104 Å². The third-order valence-corrected chi connectivity index (χ3v) is 3.84. The number of carboxylic acids is 1. The summed E-state index contributed by atoms with van der Waals surface area (Å²) in [5.74, 6) is -2.07. The van der Waals surface area contributed by atoms with Crippen LogP contribution in [0.4, 0.5) is 0 Å². The number of nitrogens with zero attached hydrogens (tertiary/aromatic N) is 4. The molecule has 2 amide bonds. The van der Waals surface area contributed by atoms with Crippen LogP contribution in [0.25, 0.3) is 0 Å². The number of piperidine rings is 1. The molecule has 0 radical (unpaired) electrons. The molecule has 1 aromatic heterocycles. The zero-order chi connectivity index (χ0) is 17.0. The standard InChI is InChI=1S/C15H20N4O4/c1-10-6-17-12(7-16-10)14(21)18(2)9-13(20)19-5-3-4-11(8-19)15(22)23/h6-7,11H,3-5,8-9H2,1-2H3,(H,22,23).